The molecule has 0 bridgehead atoms. The maximum Gasteiger partial charge on any atom is 0.159 e. The minimum atomic E-state index is -0.248. The first-order valence-electron chi connectivity index (χ1n) is 16.0. The van der Waals surface area contributed by atoms with Gasteiger partial charge in [-0.05, 0) is 67.9 Å². The first-order valence-corrected chi connectivity index (χ1v) is 16.0. The normalized spacial score (nSPS) is 14.0. The van der Waals surface area contributed by atoms with Gasteiger partial charge in [0.15, 0.2) is 5.84 Å². The molecule has 1 atom stereocenters. The van der Waals surface area contributed by atoms with Crippen LogP contribution in [0.15, 0.2) is 180 Å². The molecule has 0 radical (unpaired) electrons. The Hall–Kier alpha value is -6.57. The number of rotatable bonds is 6. The van der Waals surface area contributed by atoms with E-state index in [1.807, 2.05) is 60.7 Å². The Morgan fingerprint density at radius 1 is 0.521 bits per heavy atom. The molecule has 0 spiro atoms. The van der Waals surface area contributed by atoms with Gasteiger partial charge < -0.3 is 5.32 Å². The Morgan fingerprint density at radius 3 is 1.94 bits per heavy atom. The number of benzene rings is 7. The Labute approximate surface area is 280 Å². The van der Waals surface area contributed by atoms with E-state index in [9.17, 15) is 5.26 Å². The highest BCUT2D eigenvalue weighted by Crippen LogP contribution is 2.39. The minimum Gasteiger partial charge on any atom is -0.344 e. The summed E-state index contributed by atoms with van der Waals surface area (Å²) in [6, 6.07) is 60.7. The molecule has 7 aromatic carbocycles. The SMILES string of the molecule is N#Cc1ccc(-c2cccc(-c3ccc4ccccc4c3-c3ccc(C4=NC(c5ccccc5)NC(c5ccccc5)=N4)cc3)c2)cc1. The Morgan fingerprint density at radius 2 is 1.17 bits per heavy atom. The summed E-state index contributed by atoms with van der Waals surface area (Å²) in [4.78, 5) is 10.1. The standard InChI is InChI=1S/C44H30N4/c45-29-30-18-20-31(21-19-30)37-15-9-16-38(28-37)40-27-26-32-10-7-8-17-39(32)41(40)33-22-24-36(25-23-33)44-47-42(34-11-3-1-4-12-34)46-43(48-44)35-13-5-2-6-14-35/h1-28,42H,(H,46,47,48). The number of amidine groups is 2. The van der Waals surface area contributed by atoms with Gasteiger partial charge in [-0.3, -0.25) is 0 Å². The summed E-state index contributed by atoms with van der Waals surface area (Å²) in [6.07, 6.45) is -0.248. The number of hydrogen-bond acceptors (Lipinski definition) is 4. The van der Waals surface area contributed by atoms with E-state index in [1.165, 1.54) is 16.3 Å². The summed E-state index contributed by atoms with van der Waals surface area (Å²) in [6.45, 7) is 0. The van der Waals surface area contributed by atoms with E-state index in [4.69, 9.17) is 9.98 Å². The average Bonchev–Trinajstić information content (AvgIpc) is 3.18. The van der Waals surface area contributed by atoms with Crippen LogP contribution in [-0.4, -0.2) is 11.7 Å². The molecule has 0 saturated carbocycles. The number of fused-ring (bicyclic) bond motifs is 1. The average molecular weight is 615 g/mol. The highest BCUT2D eigenvalue weighted by atomic mass is 15.2. The van der Waals surface area contributed by atoms with Crippen LogP contribution >= 0.6 is 0 Å². The zero-order valence-electron chi connectivity index (χ0n) is 26.1. The third kappa shape index (κ3) is 5.66. The molecule has 0 saturated heterocycles. The molecule has 1 unspecified atom stereocenters. The lowest BCUT2D eigenvalue weighted by Crippen LogP contribution is -2.33. The topological polar surface area (TPSA) is 60.5 Å². The fourth-order valence-corrected chi connectivity index (χ4v) is 6.34. The van der Waals surface area contributed by atoms with Crippen molar-refractivity contribution in [2.75, 3.05) is 0 Å². The number of nitrogens with zero attached hydrogens (tertiary/aromatic N) is 3. The Kier molecular flexibility index (Phi) is 7.62. The maximum atomic E-state index is 9.26. The first kappa shape index (κ1) is 28.9. The molecule has 7 aromatic rings. The van der Waals surface area contributed by atoms with Gasteiger partial charge in [-0.1, -0.05) is 152 Å². The summed E-state index contributed by atoms with van der Waals surface area (Å²) in [5.74, 6) is 1.50. The minimum absolute atomic E-state index is 0.248. The maximum absolute atomic E-state index is 9.26. The first-order chi connectivity index (χ1) is 23.7. The van der Waals surface area contributed by atoms with E-state index < -0.39 is 0 Å². The van der Waals surface area contributed by atoms with Crippen LogP contribution in [0.1, 0.15) is 28.4 Å². The van der Waals surface area contributed by atoms with Gasteiger partial charge in [0.1, 0.15) is 12.0 Å². The largest absolute Gasteiger partial charge is 0.344 e. The molecule has 4 nitrogen and oxygen atoms in total. The van der Waals surface area contributed by atoms with Crippen molar-refractivity contribution in [2.24, 2.45) is 9.98 Å². The van der Waals surface area contributed by atoms with Gasteiger partial charge in [0.2, 0.25) is 0 Å². The molecule has 1 heterocycles. The smallest absolute Gasteiger partial charge is 0.159 e. The molecule has 0 aromatic heterocycles. The lowest BCUT2D eigenvalue weighted by molar-refractivity contribution is 0.674. The second kappa shape index (κ2) is 12.7. The molecule has 8 rings (SSSR count). The Bertz CT molecular complexity index is 2350. The highest BCUT2D eigenvalue weighted by molar-refractivity contribution is 6.13. The molecule has 48 heavy (non-hydrogen) atoms. The van der Waals surface area contributed by atoms with Gasteiger partial charge in [-0.2, -0.15) is 5.26 Å². The fraction of sp³-hybridized carbons (Fsp3) is 0.0227. The fourth-order valence-electron chi connectivity index (χ4n) is 6.34. The third-order valence-corrected chi connectivity index (χ3v) is 8.79. The van der Waals surface area contributed by atoms with Crippen molar-refractivity contribution in [3.63, 3.8) is 0 Å². The molecular formula is C44H30N4. The number of aliphatic imine (C=N–C) groups is 2. The van der Waals surface area contributed by atoms with Crippen LogP contribution in [0.3, 0.4) is 0 Å². The van der Waals surface area contributed by atoms with Gasteiger partial charge in [-0.25, -0.2) is 9.98 Å². The van der Waals surface area contributed by atoms with E-state index >= 15 is 0 Å². The summed E-state index contributed by atoms with van der Waals surface area (Å²) in [7, 11) is 0. The van der Waals surface area contributed by atoms with Gasteiger partial charge in [0.25, 0.3) is 0 Å². The zero-order chi connectivity index (χ0) is 32.3. The highest BCUT2D eigenvalue weighted by Gasteiger charge is 2.21. The van der Waals surface area contributed by atoms with E-state index in [0.29, 0.717) is 11.4 Å². The second-order valence-electron chi connectivity index (χ2n) is 11.8. The molecule has 1 aliphatic heterocycles. The molecule has 0 aliphatic carbocycles. The van der Waals surface area contributed by atoms with Gasteiger partial charge in [0.05, 0.1) is 11.6 Å². The number of hydrogen-bond donors (Lipinski definition) is 1. The molecule has 0 amide bonds. The zero-order valence-corrected chi connectivity index (χ0v) is 26.1. The van der Waals surface area contributed by atoms with Gasteiger partial charge >= 0.3 is 0 Å². The molecule has 0 fully saturated rings. The summed E-state index contributed by atoms with van der Waals surface area (Å²) in [5, 5.41) is 15.2. The predicted octanol–water partition coefficient (Wildman–Crippen LogP) is 10.2. The van der Waals surface area contributed by atoms with E-state index in [0.717, 1.165) is 50.3 Å². The molecule has 1 aliphatic rings. The Balaban J connectivity index is 1.21. The van der Waals surface area contributed by atoms with Crippen LogP contribution in [0.25, 0.3) is 44.2 Å². The van der Waals surface area contributed by atoms with Crippen LogP contribution in [-0.2, 0) is 0 Å². The lowest BCUT2D eigenvalue weighted by Gasteiger charge is -2.23. The third-order valence-electron chi connectivity index (χ3n) is 8.79. The monoisotopic (exact) mass is 614 g/mol. The van der Waals surface area contributed by atoms with Crippen LogP contribution in [0, 0.1) is 11.3 Å². The quantitative estimate of drug-likeness (QED) is 0.203. The van der Waals surface area contributed by atoms with Crippen molar-refractivity contribution >= 4 is 22.4 Å². The summed E-state index contributed by atoms with van der Waals surface area (Å²) >= 11 is 0. The second-order valence-corrected chi connectivity index (χ2v) is 11.8. The number of nitriles is 1. The molecule has 1 N–H and O–H groups in total. The van der Waals surface area contributed by atoms with E-state index in [1.54, 1.807) is 0 Å². The van der Waals surface area contributed by atoms with Crippen molar-refractivity contribution in [1.82, 2.24) is 5.32 Å². The molecular weight excluding hydrogens is 585 g/mol. The van der Waals surface area contributed by atoms with Crippen LogP contribution in [0.5, 0.6) is 0 Å². The number of nitrogens with one attached hydrogen (secondary N) is 1. The molecule has 4 heteroatoms. The van der Waals surface area contributed by atoms with Crippen LogP contribution in [0.4, 0.5) is 0 Å². The van der Waals surface area contributed by atoms with Crippen molar-refractivity contribution in [1.29, 1.82) is 5.26 Å². The van der Waals surface area contributed by atoms with Crippen molar-refractivity contribution < 1.29 is 0 Å². The van der Waals surface area contributed by atoms with E-state index in [-0.39, 0.29) is 6.17 Å². The van der Waals surface area contributed by atoms with E-state index in [2.05, 4.69) is 121 Å². The predicted molar refractivity (Wildman–Crippen MR) is 197 cm³/mol. The van der Waals surface area contributed by atoms with Crippen molar-refractivity contribution in [3.8, 4) is 39.4 Å². The van der Waals surface area contributed by atoms with Crippen molar-refractivity contribution in [3.05, 3.63) is 192 Å². The summed E-state index contributed by atoms with van der Waals surface area (Å²) in [5.41, 5.74) is 10.5. The van der Waals surface area contributed by atoms with Crippen LogP contribution < -0.4 is 5.32 Å². The van der Waals surface area contributed by atoms with Gasteiger partial charge in [-0.15, -0.1) is 0 Å². The van der Waals surface area contributed by atoms with Gasteiger partial charge in [0, 0.05) is 11.1 Å². The lowest BCUT2D eigenvalue weighted by atomic mass is 9.88. The molecule has 226 valence electrons. The van der Waals surface area contributed by atoms with Crippen LogP contribution in [0.2, 0.25) is 0 Å². The van der Waals surface area contributed by atoms with Crippen molar-refractivity contribution in [2.45, 2.75) is 6.17 Å². The summed E-state index contributed by atoms with van der Waals surface area (Å²) < 4.78 is 0.